The number of hydrogen-bond donors (Lipinski definition) is 0. The quantitative estimate of drug-likeness (QED) is 0.702. The Morgan fingerprint density at radius 2 is 1.96 bits per heavy atom. The molecule has 1 aliphatic rings. The van der Waals surface area contributed by atoms with Crippen molar-refractivity contribution in [2.75, 3.05) is 0 Å². The molecule has 0 saturated heterocycles. The van der Waals surface area contributed by atoms with Crippen molar-refractivity contribution in [2.24, 2.45) is 0 Å². The molecule has 2 aromatic carbocycles. The monoisotopic (exact) mass is 321 g/mol. The Morgan fingerprint density at radius 3 is 2.71 bits per heavy atom. The maximum atomic E-state index is 15.6. The normalized spacial score (nSPS) is 20.1. The SMILES string of the molecule is CCc1cccc(-c2ccccc2C2(F)CC=CC(C#N)=C2F)c1. The second-order valence-electron chi connectivity index (χ2n) is 5.85. The number of hydrogen-bond acceptors (Lipinski definition) is 1. The third-order valence-corrected chi connectivity index (χ3v) is 4.39. The highest BCUT2D eigenvalue weighted by molar-refractivity contribution is 5.70. The number of halogens is 2. The van der Waals surface area contributed by atoms with Crippen LogP contribution in [-0.2, 0) is 12.1 Å². The largest absolute Gasteiger partial charge is 0.230 e. The first-order valence-electron chi connectivity index (χ1n) is 7.94. The molecule has 0 aromatic heterocycles. The van der Waals surface area contributed by atoms with E-state index in [1.54, 1.807) is 24.3 Å². The summed E-state index contributed by atoms with van der Waals surface area (Å²) in [5.41, 5.74) is 0.334. The number of benzene rings is 2. The number of aryl methyl sites for hydroxylation is 1. The molecule has 120 valence electrons. The lowest BCUT2D eigenvalue weighted by molar-refractivity contribution is 0.176. The van der Waals surface area contributed by atoms with Crippen LogP contribution in [-0.4, -0.2) is 0 Å². The molecule has 1 aliphatic carbocycles. The second kappa shape index (κ2) is 6.41. The van der Waals surface area contributed by atoms with E-state index in [0.717, 1.165) is 17.5 Å². The molecule has 0 N–H and O–H groups in total. The molecule has 0 spiro atoms. The molecule has 0 saturated carbocycles. The van der Waals surface area contributed by atoms with Crippen LogP contribution in [0.15, 0.2) is 72.1 Å². The summed E-state index contributed by atoms with van der Waals surface area (Å²) in [6.45, 7) is 2.05. The van der Waals surface area contributed by atoms with Crippen LogP contribution < -0.4 is 0 Å². The highest BCUT2D eigenvalue weighted by atomic mass is 19.2. The molecule has 3 rings (SSSR count). The molecule has 1 nitrogen and oxygen atoms in total. The molecule has 0 bridgehead atoms. The van der Waals surface area contributed by atoms with Gasteiger partial charge in [-0.2, -0.15) is 5.26 Å². The Labute approximate surface area is 140 Å². The minimum Gasteiger partial charge on any atom is -0.230 e. The summed E-state index contributed by atoms with van der Waals surface area (Å²) in [5.74, 6) is -1.01. The van der Waals surface area contributed by atoms with Crippen molar-refractivity contribution < 1.29 is 8.78 Å². The van der Waals surface area contributed by atoms with Gasteiger partial charge in [0.25, 0.3) is 0 Å². The summed E-state index contributed by atoms with van der Waals surface area (Å²) < 4.78 is 30.3. The Hall–Kier alpha value is -2.73. The van der Waals surface area contributed by atoms with Gasteiger partial charge in [0.2, 0.25) is 0 Å². The summed E-state index contributed by atoms with van der Waals surface area (Å²) in [4.78, 5) is 0. The maximum Gasteiger partial charge on any atom is 0.192 e. The van der Waals surface area contributed by atoms with Crippen LogP contribution in [0.2, 0.25) is 0 Å². The van der Waals surface area contributed by atoms with Crippen molar-refractivity contribution in [1.82, 2.24) is 0 Å². The molecule has 0 heterocycles. The van der Waals surface area contributed by atoms with E-state index in [9.17, 15) is 4.39 Å². The lowest BCUT2D eigenvalue weighted by Gasteiger charge is -2.28. The summed E-state index contributed by atoms with van der Waals surface area (Å²) in [5, 5.41) is 9.03. The average molecular weight is 321 g/mol. The van der Waals surface area contributed by atoms with Gasteiger partial charge in [-0.25, -0.2) is 8.78 Å². The van der Waals surface area contributed by atoms with E-state index in [4.69, 9.17) is 5.26 Å². The topological polar surface area (TPSA) is 23.8 Å². The second-order valence-corrected chi connectivity index (χ2v) is 5.85. The van der Waals surface area contributed by atoms with Crippen LogP contribution >= 0.6 is 0 Å². The number of alkyl halides is 1. The molecule has 24 heavy (non-hydrogen) atoms. The van der Waals surface area contributed by atoms with Crippen molar-refractivity contribution >= 4 is 0 Å². The van der Waals surface area contributed by atoms with E-state index in [1.165, 1.54) is 12.2 Å². The van der Waals surface area contributed by atoms with Gasteiger partial charge in [0.1, 0.15) is 6.07 Å². The molecule has 2 aromatic rings. The predicted octanol–water partition coefficient (Wildman–Crippen LogP) is 5.79. The fraction of sp³-hybridized carbons (Fsp3) is 0.190. The third-order valence-electron chi connectivity index (χ3n) is 4.39. The highest BCUT2D eigenvalue weighted by Gasteiger charge is 2.41. The molecule has 0 fully saturated rings. The van der Waals surface area contributed by atoms with Gasteiger partial charge in [0.15, 0.2) is 11.5 Å². The molecule has 0 aliphatic heterocycles. The van der Waals surface area contributed by atoms with E-state index < -0.39 is 11.5 Å². The summed E-state index contributed by atoms with van der Waals surface area (Å²) >= 11 is 0. The van der Waals surface area contributed by atoms with Gasteiger partial charge in [-0.15, -0.1) is 0 Å². The fourth-order valence-electron chi connectivity index (χ4n) is 3.07. The first-order valence-corrected chi connectivity index (χ1v) is 7.94. The van der Waals surface area contributed by atoms with Crippen LogP contribution in [0.5, 0.6) is 0 Å². The zero-order chi connectivity index (χ0) is 17.2. The smallest absolute Gasteiger partial charge is 0.192 e. The molecule has 1 unspecified atom stereocenters. The third kappa shape index (κ3) is 2.65. The minimum absolute atomic E-state index is 0.117. The van der Waals surface area contributed by atoms with Crippen molar-refractivity contribution in [3.8, 4) is 17.2 Å². The number of nitrogens with zero attached hydrogens (tertiary/aromatic N) is 1. The van der Waals surface area contributed by atoms with Crippen molar-refractivity contribution in [2.45, 2.75) is 25.4 Å². The van der Waals surface area contributed by atoms with Crippen molar-refractivity contribution in [3.05, 3.63) is 83.2 Å². The molecular formula is C21H17F2N. The Balaban J connectivity index is 2.19. The fourth-order valence-corrected chi connectivity index (χ4v) is 3.07. The van der Waals surface area contributed by atoms with Gasteiger partial charge < -0.3 is 0 Å². The molecule has 0 amide bonds. The number of allylic oxidation sites excluding steroid dienone is 4. The molecule has 3 heteroatoms. The maximum absolute atomic E-state index is 15.6. The van der Waals surface area contributed by atoms with E-state index >= 15 is 4.39 Å². The minimum atomic E-state index is -2.31. The molecular weight excluding hydrogens is 304 g/mol. The lowest BCUT2D eigenvalue weighted by Crippen LogP contribution is -2.24. The van der Waals surface area contributed by atoms with Crippen molar-refractivity contribution in [1.29, 1.82) is 5.26 Å². The lowest BCUT2D eigenvalue weighted by atomic mass is 9.81. The number of nitriles is 1. The van der Waals surface area contributed by atoms with E-state index in [2.05, 4.69) is 6.92 Å². The first-order chi connectivity index (χ1) is 11.6. The summed E-state index contributed by atoms with van der Waals surface area (Å²) in [6, 6.07) is 16.5. The zero-order valence-electron chi connectivity index (χ0n) is 13.4. The molecule has 1 atom stereocenters. The molecule has 0 radical (unpaired) electrons. The standard InChI is InChI=1S/C21H17F2N/c1-2-15-7-5-8-16(13-15)18-10-3-4-11-19(18)21(23)12-6-9-17(14-24)20(21)22/h3-11,13H,2,12H2,1H3. The number of rotatable bonds is 3. The average Bonchev–Trinajstić information content (AvgIpc) is 2.64. The summed E-state index contributed by atoms with van der Waals surface area (Å²) in [7, 11) is 0. The van der Waals surface area contributed by atoms with Gasteiger partial charge in [-0.3, -0.25) is 0 Å². The zero-order valence-corrected chi connectivity index (χ0v) is 13.4. The van der Waals surface area contributed by atoms with Crippen LogP contribution in [0, 0.1) is 11.3 Å². The van der Waals surface area contributed by atoms with Crippen molar-refractivity contribution in [3.63, 3.8) is 0 Å². The Bertz CT molecular complexity index is 873. The van der Waals surface area contributed by atoms with Crippen LogP contribution in [0.1, 0.15) is 24.5 Å². The van der Waals surface area contributed by atoms with Gasteiger partial charge in [-0.05, 0) is 29.2 Å². The van der Waals surface area contributed by atoms with Crippen LogP contribution in [0.4, 0.5) is 8.78 Å². The Kier molecular flexibility index (Phi) is 4.31. The van der Waals surface area contributed by atoms with E-state index in [0.29, 0.717) is 5.56 Å². The Morgan fingerprint density at radius 1 is 1.17 bits per heavy atom. The van der Waals surface area contributed by atoms with Crippen LogP contribution in [0.3, 0.4) is 0 Å². The van der Waals surface area contributed by atoms with Gasteiger partial charge in [0, 0.05) is 12.0 Å². The van der Waals surface area contributed by atoms with Gasteiger partial charge >= 0.3 is 0 Å². The van der Waals surface area contributed by atoms with Crippen LogP contribution in [0.25, 0.3) is 11.1 Å². The van der Waals surface area contributed by atoms with E-state index in [1.807, 2.05) is 30.3 Å². The first kappa shape index (κ1) is 16.1. The summed E-state index contributed by atoms with van der Waals surface area (Å²) in [6.07, 6.45) is 3.61. The van der Waals surface area contributed by atoms with Gasteiger partial charge in [0.05, 0.1) is 5.57 Å². The predicted molar refractivity (Wildman–Crippen MR) is 91.5 cm³/mol. The highest BCUT2D eigenvalue weighted by Crippen LogP contribution is 2.46. The van der Waals surface area contributed by atoms with E-state index in [-0.39, 0.29) is 17.6 Å². The van der Waals surface area contributed by atoms with Gasteiger partial charge in [-0.1, -0.05) is 61.5 Å².